The standard InChI is InChI=1S/C12H17ClN2O3S/c13-9-4-5-10(14)12(6-9)19(17,18)15-7-8-2-1-3-11(8)16/h4-6,8,11,15-16H,1-3,7,14H2. The predicted molar refractivity (Wildman–Crippen MR) is 74.4 cm³/mol. The van der Waals surface area contributed by atoms with E-state index in [1.54, 1.807) is 0 Å². The third-order valence-electron chi connectivity index (χ3n) is 3.42. The molecule has 2 rings (SSSR count). The second-order valence-corrected chi connectivity index (χ2v) is 6.96. The number of hydrogen-bond acceptors (Lipinski definition) is 4. The third kappa shape index (κ3) is 3.39. The Balaban J connectivity index is 2.12. The van der Waals surface area contributed by atoms with Crippen LogP contribution in [0.15, 0.2) is 23.1 Å². The first-order valence-corrected chi connectivity index (χ1v) is 7.99. The fraction of sp³-hybridized carbons (Fsp3) is 0.500. The van der Waals surface area contributed by atoms with E-state index in [4.69, 9.17) is 17.3 Å². The van der Waals surface area contributed by atoms with Gasteiger partial charge in [0.05, 0.1) is 11.8 Å². The highest BCUT2D eigenvalue weighted by atomic mass is 35.5. The summed E-state index contributed by atoms with van der Waals surface area (Å²) in [5.41, 5.74) is 5.82. The van der Waals surface area contributed by atoms with Crippen molar-refractivity contribution in [1.82, 2.24) is 4.72 Å². The van der Waals surface area contributed by atoms with Gasteiger partial charge in [-0.3, -0.25) is 0 Å². The van der Waals surface area contributed by atoms with E-state index < -0.39 is 16.1 Å². The maximum absolute atomic E-state index is 12.1. The summed E-state index contributed by atoms with van der Waals surface area (Å²) < 4.78 is 26.8. The summed E-state index contributed by atoms with van der Waals surface area (Å²) in [6.45, 7) is 0.218. The molecule has 1 aromatic rings. The van der Waals surface area contributed by atoms with Crippen molar-refractivity contribution in [2.45, 2.75) is 30.3 Å². The van der Waals surface area contributed by atoms with Crippen LogP contribution in [0.25, 0.3) is 0 Å². The molecule has 0 bridgehead atoms. The minimum Gasteiger partial charge on any atom is -0.398 e. The smallest absolute Gasteiger partial charge is 0.242 e. The molecular weight excluding hydrogens is 288 g/mol. The molecule has 106 valence electrons. The Labute approximate surface area is 117 Å². The number of hydrogen-bond donors (Lipinski definition) is 3. The molecule has 0 aliphatic heterocycles. The molecule has 1 fully saturated rings. The van der Waals surface area contributed by atoms with E-state index in [1.165, 1.54) is 18.2 Å². The molecule has 2 atom stereocenters. The molecule has 19 heavy (non-hydrogen) atoms. The van der Waals surface area contributed by atoms with E-state index in [-0.39, 0.29) is 23.0 Å². The van der Waals surface area contributed by atoms with Crippen LogP contribution in [0.3, 0.4) is 0 Å². The van der Waals surface area contributed by atoms with Gasteiger partial charge in [0.1, 0.15) is 4.90 Å². The molecule has 0 heterocycles. The number of aliphatic hydroxyl groups excluding tert-OH is 1. The summed E-state index contributed by atoms with van der Waals surface area (Å²) in [5, 5.41) is 9.99. The zero-order valence-corrected chi connectivity index (χ0v) is 11.9. The number of nitrogen functional groups attached to an aromatic ring is 1. The van der Waals surface area contributed by atoms with Crippen LogP contribution in [0.4, 0.5) is 5.69 Å². The van der Waals surface area contributed by atoms with Crippen molar-refractivity contribution in [3.05, 3.63) is 23.2 Å². The molecule has 4 N–H and O–H groups in total. The number of aliphatic hydroxyl groups is 1. The number of benzene rings is 1. The quantitative estimate of drug-likeness (QED) is 0.732. The number of nitrogens with two attached hydrogens (primary N) is 1. The van der Waals surface area contributed by atoms with Gasteiger partial charge < -0.3 is 10.8 Å². The van der Waals surface area contributed by atoms with Gasteiger partial charge in [0.25, 0.3) is 0 Å². The Morgan fingerprint density at radius 3 is 2.79 bits per heavy atom. The first-order valence-electron chi connectivity index (χ1n) is 6.13. The molecule has 0 amide bonds. The van der Waals surface area contributed by atoms with E-state index in [0.29, 0.717) is 5.02 Å². The largest absolute Gasteiger partial charge is 0.398 e. The highest BCUT2D eigenvalue weighted by molar-refractivity contribution is 7.89. The molecule has 0 saturated heterocycles. The van der Waals surface area contributed by atoms with E-state index in [2.05, 4.69) is 4.72 Å². The minimum atomic E-state index is -3.69. The van der Waals surface area contributed by atoms with Gasteiger partial charge in [0.15, 0.2) is 0 Å². The molecule has 5 nitrogen and oxygen atoms in total. The number of anilines is 1. The van der Waals surface area contributed by atoms with Crippen molar-refractivity contribution in [2.75, 3.05) is 12.3 Å². The summed E-state index contributed by atoms with van der Waals surface area (Å²) >= 11 is 5.79. The van der Waals surface area contributed by atoms with Crippen LogP contribution >= 0.6 is 11.6 Å². The van der Waals surface area contributed by atoms with Crippen molar-refractivity contribution in [2.24, 2.45) is 5.92 Å². The number of sulfonamides is 1. The van der Waals surface area contributed by atoms with E-state index in [9.17, 15) is 13.5 Å². The highest BCUT2D eigenvalue weighted by Crippen LogP contribution is 2.26. The van der Waals surface area contributed by atoms with Crippen LogP contribution in [-0.4, -0.2) is 26.2 Å². The number of nitrogens with one attached hydrogen (secondary N) is 1. The van der Waals surface area contributed by atoms with Gasteiger partial charge >= 0.3 is 0 Å². The molecule has 7 heteroatoms. The fourth-order valence-electron chi connectivity index (χ4n) is 2.29. The summed E-state index contributed by atoms with van der Waals surface area (Å²) in [7, 11) is -3.69. The zero-order valence-electron chi connectivity index (χ0n) is 10.3. The van der Waals surface area contributed by atoms with E-state index >= 15 is 0 Å². The van der Waals surface area contributed by atoms with Crippen molar-refractivity contribution in [3.8, 4) is 0 Å². The van der Waals surface area contributed by atoms with E-state index in [1.807, 2.05) is 0 Å². The lowest BCUT2D eigenvalue weighted by atomic mass is 10.1. The summed E-state index contributed by atoms with van der Waals surface area (Å²) in [6.07, 6.45) is 2.05. The normalized spacial score (nSPS) is 23.7. The second kappa shape index (κ2) is 5.66. The molecule has 0 spiro atoms. The lowest BCUT2D eigenvalue weighted by Crippen LogP contribution is -2.32. The topological polar surface area (TPSA) is 92.4 Å². The second-order valence-electron chi connectivity index (χ2n) is 4.79. The molecular formula is C12H17ClN2O3S. The van der Waals surface area contributed by atoms with Gasteiger partial charge in [-0.05, 0) is 37.0 Å². The first kappa shape index (κ1) is 14.6. The lowest BCUT2D eigenvalue weighted by Gasteiger charge is -2.16. The van der Waals surface area contributed by atoms with Crippen LogP contribution in [-0.2, 0) is 10.0 Å². The molecule has 2 unspecified atom stereocenters. The monoisotopic (exact) mass is 304 g/mol. The molecule has 0 radical (unpaired) electrons. The van der Waals surface area contributed by atoms with Crippen LogP contribution in [0, 0.1) is 5.92 Å². The van der Waals surface area contributed by atoms with Crippen LogP contribution < -0.4 is 10.5 Å². The van der Waals surface area contributed by atoms with Gasteiger partial charge in [-0.2, -0.15) is 0 Å². The average Bonchev–Trinajstić information content (AvgIpc) is 2.75. The van der Waals surface area contributed by atoms with Crippen LogP contribution in [0.2, 0.25) is 5.02 Å². The Hall–Kier alpha value is -0.820. The SMILES string of the molecule is Nc1ccc(Cl)cc1S(=O)(=O)NCC1CCCC1O. The molecule has 0 aromatic heterocycles. The number of halogens is 1. The molecule has 1 aliphatic rings. The van der Waals surface area contributed by atoms with Crippen LogP contribution in [0.5, 0.6) is 0 Å². The summed E-state index contributed by atoms with van der Waals surface area (Å²) in [4.78, 5) is -0.0208. The van der Waals surface area contributed by atoms with Gasteiger partial charge in [0, 0.05) is 11.6 Å². The minimum absolute atomic E-state index is 0.0208. The van der Waals surface area contributed by atoms with Crippen LogP contribution in [0.1, 0.15) is 19.3 Å². The molecule has 1 aromatic carbocycles. The fourth-order valence-corrected chi connectivity index (χ4v) is 3.78. The van der Waals surface area contributed by atoms with Gasteiger partial charge in [-0.25, -0.2) is 13.1 Å². The molecule has 1 saturated carbocycles. The Morgan fingerprint density at radius 2 is 2.16 bits per heavy atom. The van der Waals surface area contributed by atoms with Crippen molar-refractivity contribution in [3.63, 3.8) is 0 Å². The van der Waals surface area contributed by atoms with Gasteiger partial charge in [0.2, 0.25) is 10.0 Å². The Morgan fingerprint density at radius 1 is 1.42 bits per heavy atom. The third-order valence-corrected chi connectivity index (χ3v) is 5.13. The Kier molecular flexibility index (Phi) is 4.35. The van der Waals surface area contributed by atoms with Crippen molar-refractivity contribution >= 4 is 27.3 Å². The first-order chi connectivity index (χ1) is 8.90. The van der Waals surface area contributed by atoms with Gasteiger partial charge in [-0.1, -0.05) is 18.0 Å². The zero-order chi connectivity index (χ0) is 14.0. The highest BCUT2D eigenvalue weighted by Gasteiger charge is 2.27. The Bertz CT molecular complexity index is 562. The van der Waals surface area contributed by atoms with Gasteiger partial charge in [-0.15, -0.1) is 0 Å². The summed E-state index contributed by atoms with van der Waals surface area (Å²) in [6, 6.07) is 4.32. The number of rotatable bonds is 4. The average molecular weight is 305 g/mol. The van der Waals surface area contributed by atoms with Crippen molar-refractivity contribution in [1.29, 1.82) is 0 Å². The van der Waals surface area contributed by atoms with E-state index in [0.717, 1.165) is 19.3 Å². The predicted octanol–water partition coefficient (Wildman–Crippen LogP) is 1.36. The maximum Gasteiger partial charge on any atom is 0.242 e. The van der Waals surface area contributed by atoms with Crippen molar-refractivity contribution < 1.29 is 13.5 Å². The maximum atomic E-state index is 12.1. The molecule has 1 aliphatic carbocycles. The lowest BCUT2D eigenvalue weighted by molar-refractivity contribution is 0.134. The summed E-state index contributed by atoms with van der Waals surface area (Å²) in [5.74, 6) is -0.0322.